The van der Waals surface area contributed by atoms with Crippen molar-refractivity contribution in [2.24, 2.45) is 5.84 Å². The Bertz CT molecular complexity index is 672. The van der Waals surface area contributed by atoms with E-state index in [4.69, 9.17) is 5.84 Å². The average Bonchev–Trinajstić information content (AvgIpc) is 2.86. The quantitative estimate of drug-likeness (QED) is 0.603. The lowest BCUT2D eigenvalue weighted by molar-refractivity contribution is 0.572. The smallest absolute Gasteiger partial charge is 0.300 e. The Morgan fingerprint density at radius 3 is 2.89 bits per heavy atom. The highest BCUT2D eigenvalue weighted by Crippen LogP contribution is 2.16. The van der Waals surface area contributed by atoms with E-state index in [1.165, 1.54) is 32.7 Å². The van der Waals surface area contributed by atoms with Crippen molar-refractivity contribution < 1.29 is 0 Å². The molecule has 2 aromatic heterocycles. The van der Waals surface area contributed by atoms with Crippen LogP contribution < -0.4 is 22.5 Å². The number of anilines is 1. The highest BCUT2D eigenvalue weighted by atomic mass is 32.1. The minimum absolute atomic E-state index is 0.210. The number of hydrogen-bond donors (Lipinski definition) is 2. The third kappa shape index (κ3) is 2.91. The summed E-state index contributed by atoms with van der Waals surface area (Å²) in [7, 11) is 0. The molecule has 2 aromatic rings. The number of nitrogen functional groups attached to an aromatic ring is 1. The topological polar surface area (TPSA) is 94.9 Å². The summed E-state index contributed by atoms with van der Waals surface area (Å²) in [6.07, 6.45) is 3.97. The van der Waals surface area contributed by atoms with Crippen LogP contribution in [0, 0.1) is 0 Å². The zero-order valence-electron chi connectivity index (χ0n) is 10.5. The predicted molar refractivity (Wildman–Crippen MR) is 74.3 cm³/mol. The molecule has 0 amide bonds. The molecule has 0 bridgehead atoms. The van der Waals surface area contributed by atoms with Gasteiger partial charge < -0.3 is 4.57 Å². The van der Waals surface area contributed by atoms with E-state index in [1.807, 2.05) is 6.92 Å². The van der Waals surface area contributed by atoms with E-state index >= 15 is 0 Å². The molecule has 0 aromatic carbocycles. The molecule has 0 radical (unpaired) electrons. The van der Waals surface area contributed by atoms with Gasteiger partial charge in [-0.15, -0.1) is 0 Å². The zero-order chi connectivity index (χ0) is 13.8. The van der Waals surface area contributed by atoms with Crippen LogP contribution in [0.1, 0.15) is 18.2 Å². The minimum atomic E-state index is -0.312. The molecule has 2 rings (SSSR count). The lowest BCUT2D eigenvalue weighted by atomic mass is 10.4. The van der Waals surface area contributed by atoms with E-state index in [9.17, 15) is 9.59 Å². The van der Waals surface area contributed by atoms with E-state index in [2.05, 4.69) is 10.4 Å². The summed E-state index contributed by atoms with van der Waals surface area (Å²) in [5.74, 6) is 5.24. The van der Waals surface area contributed by atoms with E-state index in [0.717, 1.165) is 11.3 Å². The predicted octanol–water partition coefficient (Wildman–Crippen LogP) is 0.210. The van der Waals surface area contributed by atoms with Crippen molar-refractivity contribution >= 4 is 16.5 Å². The van der Waals surface area contributed by atoms with Crippen molar-refractivity contribution in [2.75, 3.05) is 5.43 Å². The summed E-state index contributed by atoms with van der Waals surface area (Å²) in [4.78, 5) is 28.7. The summed E-state index contributed by atoms with van der Waals surface area (Å²) < 4.78 is 2.73. The van der Waals surface area contributed by atoms with Gasteiger partial charge in [0, 0.05) is 29.9 Å². The van der Waals surface area contributed by atoms with Gasteiger partial charge in [0.15, 0.2) is 5.13 Å². The van der Waals surface area contributed by atoms with Gasteiger partial charge in [-0.2, -0.15) is 0 Å². The molecule has 0 aliphatic rings. The molecular formula is C11H15N5O2S. The molecule has 0 unspecified atom stereocenters. The summed E-state index contributed by atoms with van der Waals surface area (Å²) in [6.45, 7) is 2.78. The van der Waals surface area contributed by atoms with Crippen LogP contribution in [0.4, 0.5) is 5.13 Å². The summed E-state index contributed by atoms with van der Waals surface area (Å²) in [5.41, 5.74) is 1.82. The number of nitrogens with one attached hydrogen (secondary N) is 1. The molecule has 8 heteroatoms. The number of hydrogen-bond acceptors (Lipinski definition) is 6. The van der Waals surface area contributed by atoms with Gasteiger partial charge in [-0.3, -0.25) is 14.8 Å². The number of nitrogens with two attached hydrogens (primary N) is 1. The highest BCUT2D eigenvalue weighted by molar-refractivity contribution is 7.15. The Kier molecular flexibility index (Phi) is 4.13. The van der Waals surface area contributed by atoms with Gasteiger partial charge in [-0.05, 0) is 6.42 Å². The molecule has 0 aliphatic heterocycles. The second-order valence-corrected chi connectivity index (χ2v) is 5.11. The molecule has 102 valence electrons. The minimum Gasteiger partial charge on any atom is -0.300 e. The molecule has 3 N–H and O–H groups in total. The van der Waals surface area contributed by atoms with E-state index < -0.39 is 0 Å². The number of aryl methyl sites for hydroxylation is 1. The monoisotopic (exact) mass is 281 g/mol. The Labute approximate surface area is 113 Å². The fourth-order valence-electron chi connectivity index (χ4n) is 1.72. The first-order chi connectivity index (χ1) is 9.15. The lowest BCUT2D eigenvalue weighted by Gasteiger charge is -2.07. The van der Waals surface area contributed by atoms with Gasteiger partial charge >= 0.3 is 5.69 Å². The largest absolute Gasteiger partial charge is 0.331 e. The first kappa shape index (κ1) is 13.5. The van der Waals surface area contributed by atoms with Crippen molar-refractivity contribution in [2.45, 2.75) is 26.4 Å². The maximum Gasteiger partial charge on any atom is 0.331 e. The van der Waals surface area contributed by atoms with Crippen LogP contribution in [-0.2, 0) is 13.1 Å². The van der Waals surface area contributed by atoms with Crippen molar-refractivity contribution in [3.63, 3.8) is 0 Å². The van der Waals surface area contributed by atoms with Crippen LogP contribution in [0.2, 0.25) is 0 Å². The maximum absolute atomic E-state index is 12.1. The number of nitrogens with zero attached hydrogens (tertiary/aromatic N) is 3. The molecule has 0 saturated heterocycles. The second-order valence-electron chi connectivity index (χ2n) is 3.99. The van der Waals surface area contributed by atoms with Crippen LogP contribution in [-0.4, -0.2) is 14.1 Å². The van der Waals surface area contributed by atoms with Gasteiger partial charge in [0.1, 0.15) is 0 Å². The molecule has 0 atom stereocenters. The molecule has 19 heavy (non-hydrogen) atoms. The Morgan fingerprint density at radius 2 is 2.26 bits per heavy atom. The molecule has 7 nitrogen and oxygen atoms in total. The van der Waals surface area contributed by atoms with Gasteiger partial charge in [0.05, 0.1) is 6.54 Å². The van der Waals surface area contributed by atoms with Gasteiger partial charge in [-0.1, -0.05) is 18.3 Å². The number of rotatable bonds is 5. The third-order valence-electron chi connectivity index (χ3n) is 2.60. The highest BCUT2D eigenvalue weighted by Gasteiger charge is 2.08. The van der Waals surface area contributed by atoms with Crippen LogP contribution in [0.3, 0.4) is 0 Å². The molecule has 0 fully saturated rings. The second kappa shape index (κ2) is 5.81. The van der Waals surface area contributed by atoms with E-state index in [-0.39, 0.29) is 17.8 Å². The van der Waals surface area contributed by atoms with Crippen molar-refractivity contribution in [1.29, 1.82) is 0 Å². The maximum atomic E-state index is 12.1. The average molecular weight is 281 g/mol. The Balaban J connectivity index is 2.36. The summed E-state index contributed by atoms with van der Waals surface area (Å²) in [5, 5.41) is 0.549. The number of hydrazine groups is 1. The molecule has 2 heterocycles. The van der Waals surface area contributed by atoms with Crippen LogP contribution in [0.15, 0.2) is 28.0 Å². The van der Waals surface area contributed by atoms with Crippen molar-refractivity contribution in [3.8, 4) is 0 Å². The first-order valence-electron chi connectivity index (χ1n) is 5.87. The van der Waals surface area contributed by atoms with Crippen LogP contribution in [0.5, 0.6) is 0 Å². The van der Waals surface area contributed by atoms with E-state index in [0.29, 0.717) is 11.7 Å². The fourth-order valence-corrected chi connectivity index (χ4v) is 2.43. The van der Waals surface area contributed by atoms with Crippen LogP contribution in [0.25, 0.3) is 0 Å². The van der Waals surface area contributed by atoms with Crippen molar-refractivity contribution in [1.82, 2.24) is 14.1 Å². The summed E-state index contributed by atoms with van der Waals surface area (Å²) in [6, 6.07) is 1.40. The third-order valence-corrected chi connectivity index (χ3v) is 3.51. The summed E-state index contributed by atoms with van der Waals surface area (Å²) >= 11 is 1.31. The zero-order valence-corrected chi connectivity index (χ0v) is 11.3. The van der Waals surface area contributed by atoms with Crippen molar-refractivity contribution in [3.05, 3.63) is 44.2 Å². The normalized spacial score (nSPS) is 10.6. The van der Waals surface area contributed by atoms with Crippen LogP contribution >= 0.6 is 11.3 Å². The lowest BCUT2D eigenvalue weighted by Crippen LogP contribution is -2.39. The first-order valence-corrected chi connectivity index (χ1v) is 6.69. The Hall–Kier alpha value is -1.93. The van der Waals surface area contributed by atoms with Gasteiger partial charge in [0.2, 0.25) is 0 Å². The van der Waals surface area contributed by atoms with Gasteiger partial charge in [0.25, 0.3) is 5.56 Å². The molecular weight excluding hydrogens is 266 g/mol. The Morgan fingerprint density at radius 1 is 1.47 bits per heavy atom. The van der Waals surface area contributed by atoms with Gasteiger partial charge in [-0.25, -0.2) is 15.6 Å². The van der Waals surface area contributed by atoms with E-state index in [1.54, 1.807) is 6.20 Å². The fraction of sp³-hybridized carbons (Fsp3) is 0.364. The number of thiazole rings is 1. The molecule has 0 spiro atoms. The molecule has 0 saturated carbocycles. The standard InChI is InChI=1S/C11H15N5O2S/c1-2-4-15-5-3-9(17)16(11(15)18)7-8-6-13-10(14-12)19-8/h3,5-6H,2,4,7,12H2,1H3,(H,13,14). The molecule has 0 aliphatic carbocycles. The SMILES string of the molecule is CCCn1ccc(=O)n(Cc2cnc(NN)s2)c1=O. The number of aromatic nitrogens is 3.